The van der Waals surface area contributed by atoms with Crippen molar-refractivity contribution in [3.8, 4) is 0 Å². The first-order valence-corrected chi connectivity index (χ1v) is 4.56. The van der Waals surface area contributed by atoms with Crippen molar-refractivity contribution >= 4 is 0 Å². The quantitative estimate of drug-likeness (QED) is 0.482. The molecule has 0 N–H and O–H groups in total. The second-order valence-electron chi connectivity index (χ2n) is 5.08. The van der Waals surface area contributed by atoms with E-state index in [2.05, 4.69) is 20.8 Å². The zero-order chi connectivity index (χ0) is 7.41. The lowest BCUT2D eigenvalue weighted by atomic mass is 9.41. The van der Waals surface area contributed by atoms with Crippen molar-refractivity contribution in [3.05, 3.63) is 0 Å². The monoisotopic (exact) mass is 138 g/mol. The van der Waals surface area contributed by atoms with Crippen LogP contribution in [0.4, 0.5) is 0 Å². The average Bonchev–Trinajstić information content (AvgIpc) is 1.88. The van der Waals surface area contributed by atoms with Crippen LogP contribution in [-0.2, 0) is 0 Å². The fourth-order valence-corrected chi connectivity index (χ4v) is 3.05. The van der Waals surface area contributed by atoms with Crippen LogP contribution in [0, 0.1) is 16.7 Å². The molecule has 58 valence electrons. The summed E-state index contributed by atoms with van der Waals surface area (Å²) in [7, 11) is 0. The van der Waals surface area contributed by atoms with Gasteiger partial charge in [-0.3, -0.25) is 0 Å². The van der Waals surface area contributed by atoms with Crippen LogP contribution >= 0.6 is 0 Å². The molecule has 0 aromatic rings. The van der Waals surface area contributed by atoms with Crippen LogP contribution in [-0.4, -0.2) is 0 Å². The minimum Gasteiger partial charge on any atom is -0.0591 e. The van der Waals surface area contributed by atoms with Gasteiger partial charge in [-0.2, -0.15) is 0 Å². The van der Waals surface area contributed by atoms with Gasteiger partial charge in [-0.25, -0.2) is 0 Å². The van der Waals surface area contributed by atoms with E-state index in [1.165, 1.54) is 25.7 Å². The van der Waals surface area contributed by atoms with Gasteiger partial charge in [0.1, 0.15) is 0 Å². The summed E-state index contributed by atoms with van der Waals surface area (Å²) in [5.41, 5.74) is 1.39. The summed E-state index contributed by atoms with van der Waals surface area (Å²) in [5.74, 6) is 1.06. The Labute approximate surface area is 64.0 Å². The van der Waals surface area contributed by atoms with Crippen molar-refractivity contribution in [1.29, 1.82) is 0 Å². The second-order valence-corrected chi connectivity index (χ2v) is 5.08. The molecule has 3 saturated carbocycles. The molecule has 3 fully saturated rings. The average molecular weight is 138 g/mol. The molecule has 0 saturated heterocycles. The van der Waals surface area contributed by atoms with Crippen molar-refractivity contribution < 1.29 is 0 Å². The summed E-state index contributed by atoms with van der Waals surface area (Å²) in [6, 6.07) is 0. The molecule has 2 unspecified atom stereocenters. The predicted octanol–water partition coefficient (Wildman–Crippen LogP) is 3.22. The van der Waals surface area contributed by atoms with Gasteiger partial charge in [0.05, 0.1) is 0 Å². The highest BCUT2D eigenvalue weighted by atomic mass is 14.6. The third kappa shape index (κ3) is 0.538. The minimum atomic E-state index is 0.672. The molecule has 0 heterocycles. The molecular weight excluding hydrogens is 120 g/mol. The molecule has 10 heavy (non-hydrogen) atoms. The lowest BCUT2D eigenvalue weighted by molar-refractivity contribution is -0.147. The van der Waals surface area contributed by atoms with E-state index in [0.29, 0.717) is 5.41 Å². The first-order valence-electron chi connectivity index (χ1n) is 4.56. The maximum Gasteiger partial charge on any atom is -0.0269 e. The third-order valence-corrected chi connectivity index (χ3v) is 4.55. The van der Waals surface area contributed by atoms with Crippen molar-refractivity contribution in [1.82, 2.24) is 0 Å². The molecule has 0 nitrogen and oxygen atoms in total. The van der Waals surface area contributed by atoms with E-state index < -0.39 is 0 Å². The molecule has 0 aliphatic heterocycles. The first kappa shape index (κ1) is 6.69. The maximum absolute atomic E-state index is 2.47. The van der Waals surface area contributed by atoms with Gasteiger partial charge < -0.3 is 0 Å². The molecule has 2 atom stereocenters. The molecular formula is C10H18. The summed E-state index contributed by atoms with van der Waals surface area (Å²) in [4.78, 5) is 0. The highest BCUT2D eigenvalue weighted by Crippen LogP contribution is 2.67. The Bertz CT molecular complexity index is 151. The van der Waals surface area contributed by atoms with Crippen LogP contribution in [0.2, 0.25) is 0 Å². The lowest BCUT2D eigenvalue weighted by Gasteiger charge is -2.64. The number of rotatable bonds is 0. The van der Waals surface area contributed by atoms with Crippen LogP contribution in [0.5, 0.6) is 0 Å². The zero-order valence-corrected chi connectivity index (χ0v) is 7.41. The zero-order valence-electron chi connectivity index (χ0n) is 7.41. The highest BCUT2D eigenvalue weighted by Gasteiger charge is 2.58. The third-order valence-electron chi connectivity index (χ3n) is 4.55. The minimum absolute atomic E-state index is 0.672. The number of hydrogen-bond donors (Lipinski definition) is 0. The van der Waals surface area contributed by atoms with Gasteiger partial charge in [0, 0.05) is 0 Å². The molecule has 0 radical (unpaired) electrons. The van der Waals surface area contributed by atoms with Crippen LogP contribution in [0.1, 0.15) is 46.5 Å². The molecule has 3 rings (SSSR count). The van der Waals surface area contributed by atoms with E-state index in [1.807, 2.05) is 0 Å². The predicted molar refractivity (Wildman–Crippen MR) is 43.8 cm³/mol. The number of hydrogen-bond acceptors (Lipinski definition) is 0. The van der Waals surface area contributed by atoms with E-state index in [1.54, 1.807) is 0 Å². The normalized spacial score (nSPS) is 50.1. The van der Waals surface area contributed by atoms with Gasteiger partial charge in [-0.1, -0.05) is 27.2 Å². The fraction of sp³-hybridized carbons (Fsp3) is 1.00. The second kappa shape index (κ2) is 1.60. The maximum atomic E-state index is 2.47. The van der Waals surface area contributed by atoms with Gasteiger partial charge in [0.2, 0.25) is 0 Å². The smallest absolute Gasteiger partial charge is 0.0269 e. The van der Waals surface area contributed by atoms with Crippen molar-refractivity contribution in [3.63, 3.8) is 0 Å². The summed E-state index contributed by atoms with van der Waals surface area (Å²) in [6.45, 7) is 7.39. The molecule has 0 aromatic carbocycles. The number of fused-ring (bicyclic) bond motifs is 2. The Hall–Kier alpha value is 0. The summed E-state index contributed by atoms with van der Waals surface area (Å²) in [6.07, 6.45) is 5.99. The SMILES string of the molecule is CC12CCCC(C1)C2(C)C. The first-order chi connectivity index (χ1) is 4.56. The Morgan fingerprint density at radius 2 is 1.90 bits per heavy atom. The van der Waals surface area contributed by atoms with Gasteiger partial charge in [0.25, 0.3) is 0 Å². The Balaban J connectivity index is 2.24. The molecule has 0 spiro atoms. The van der Waals surface area contributed by atoms with Gasteiger partial charge in [0.15, 0.2) is 0 Å². The molecule has 3 aliphatic carbocycles. The van der Waals surface area contributed by atoms with Crippen LogP contribution < -0.4 is 0 Å². The molecule has 0 heteroatoms. The largest absolute Gasteiger partial charge is 0.0591 e. The summed E-state index contributed by atoms with van der Waals surface area (Å²) in [5, 5.41) is 0. The summed E-state index contributed by atoms with van der Waals surface area (Å²) >= 11 is 0. The van der Waals surface area contributed by atoms with E-state index in [9.17, 15) is 0 Å². The summed E-state index contributed by atoms with van der Waals surface area (Å²) < 4.78 is 0. The van der Waals surface area contributed by atoms with Crippen LogP contribution in [0.25, 0.3) is 0 Å². The Morgan fingerprint density at radius 1 is 1.20 bits per heavy atom. The Kier molecular flexibility index (Phi) is 1.07. The standard InChI is InChI=1S/C10H18/c1-9(2)8-5-4-6-10(9,3)7-8/h8H,4-7H2,1-3H3. The van der Waals surface area contributed by atoms with Gasteiger partial charge >= 0.3 is 0 Å². The highest BCUT2D eigenvalue weighted by molar-refractivity contribution is 5.07. The van der Waals surface area contributed by atoms with Gasteiger partial charge in [-0.15, -0.1) is 0 Å². The molecule has 0 aromatic heterocycles. The van der Waals surface area contributed by atoms with E-state index in [4.69, 9.17) is 0 Å². The van der Waals surface area contributed by atoms with E-state index in [0.717, 1.165) is 11.3 Å². The van der Waals surface area contributed by atoms with Crippen molar-refractivity contribution in [2.45, 2.75) is 46.5 Å². The van der Waals surface area contributed by atoms with Crippen LogP contribution in [0.15, 0.2) is 0 Å². The van der Waals surface area contributed by atoms with E-state index in [-0.39, 0.29) is 0 Å². The molecule has 2 bridgehead atoms. The topological polar surface area (TPSA) is 0 Å². The fourth-order valence-electron chi connectivity index (χ4n) is 3.05. The van der Waals surface area contributed by atoms with E-state index >= 15 is 0 Å². The Morgan fingerprint density at radius 3 is 2.20 bits per heavy atom. The van der Waals surface area contributed by atoms with Gasteiger partial charge in [-0.05, 0) is 36.0 Å². The van der Waals surface area contributed by atoms with Crippen molar-refractivity contribution in [2.75, 3.05) is 0 Å². The molecule has 0 amide bonds. The van der Waals surface area contributed by atoms with Crippen LogP contribution in [0.3, 0.4) is 0 Å². The molecule has 3 aliphatic rings. The van der Waals surface area contributed by atoms with Crippen molar-refractivity contribution in [2.24, 2.45) is 16.7 Å². The lowest BCUT2D eigenvalue weighted by Crippen LogP contribution is -2.55.